The van der Waals surface area contributed by atoms with E-state index in [1.54, 1.807) is 0 Å². The Morgan fingerprint density at radius 3 is 2.48 bits per heavy atom. The van der Waals surface area contributed by atoms with Crippen molar-refractivity contribution in [2.45, 2.75) is 11.8 Å². The molecule has 0 saturated carbocycles. The minimum absolute atomic E-state index is 0.344. The molecule has 5 rings (SSSR count). The van der Waals surface area contributed by atoms with E-state index in [0.29, 0.717) is 11.8 Å². The number of allylic oxidation sites excluding steroid dienone is 2. The van der Waals surface area contributed by atoms with Crippen molar-refractivity contribution in [3.63, 3.8) is 0 Å². The first-order valence-corrected chi connectivity index (χ1v) is 8.36. The molecule has 110 valence electrons. The minimum Gasteiger partial charge on any atom is -0.0843 e. The van der Waals surface area contributed by atoms with Gasteiger partial charge in [0.1, 0.15) is 0 Å². The second kappa shape index (κ2) is 4.84. The summed E-state index contributed by atoms with van der Waals surface area (Å²) >= 11 is 6.22. The lowest BCUT2D eigenvalue weighted by Crippen LogP contribution is -2.15. The lowest BCUT2D eigenvalue weighted by molar-refractivity contribution is 0.735. The Kier molecular flexibility index (Phi) is 2.77. The summed E-state index contributed by atoms with van der Waals surface area (Å²) in [6, 6.07) is 19.3. The fourth-order valence-electron chi connectivity index (χ4n) is 4.06. The van der Waals surface area contributed by atoms with Gasteiger partial charge in [-0.2, -0.15) is 0 Å². The van der Waals surface area contributed by atoms with Crippen LogP contribution in [0.15, 0.2) is 66.7 Å². The van der Waals surface area contributed by atoms with Gasteiger partial charge in [-0.1, -0.05) is 78.4 Å². The van der Waals surface area contributed by atoms with Gasteiger partial charge in [0.05, 0.1) is 0 Å². The zero-order chi connectivity index (χ0) is 15.4. The fraction of sp³-hybridized carbons (Fsp3) is 0.0909. The molecule has 0 radical (unpaired) electrons. The zero-order valence-electron chi connectivity index (χ0n) is 12.5. The predicted octanol–water partition coefficient (Wildman–Crippen LogP) is 6.41. The van der Waals surface area contributed by atoms with E-state index in [2.05, 4.69) is 66.8 Å². The van der Waals surface area contributed by atoms with Crippen LogP contribution in [0.3, 0.4) is 0 Å². The van der Waals surface area contributed by atoms with E-state index in [4.69, 9.17) is 11.6 Å². The van der Waals surface area contributed by atoms with Crippen LogP contribution in [-0.2, 0) is 0 Å². The lowest BCUT2D eigenvalue weighted by atomic mass is 9.71. The second-order valence-electron chi connectivity index (χ2n) is 6.34. The van der Waals surface area contributed by atoms with Gasteiger partial charge >= 0.3 is 0 Å². The quantitative estimate of drug-likeness (QED) is 0.486. The zero-order valence-corrected chi connectivity index (χ0v) is 13.3. The maximum absolute atomic E-state index is 6.22. The first-order chi connectivity index (χ1) is 11.3. The van der Waals surface area contributed by atoms with Crippen molar-refractivity contribution in [1.29, 1.82) is 0 Å². The molecule has 3 aromatic rings. The van der Waals surface area contributed by atoms with Crippen molar-refractivity contribution < 1.29 is 0 Å². The molecule has 0 saturated heterocycles. The maximum Gasteiger partial charge on any atom is 0.0408 e. The molecule has 2 unspecified atom stereocenters. The number of halogens is 1. The number of hydrogen-bond acceptors (Lipinski definition) is 0. The highest BCUT2D eigenvalue weighted by atomic mass is 35.5. The topological polar surface area (TPSA) is 0 Å². The lowest BCUT2D eigenvalue weighted by Gasteiger charge is -2.32. The summed E-state index contributed by atoms with van der Waals surface area (Å²) in [6.45, 7) is 0. The molecule has 0 N–H and O–H groups in total. The monoisotopic (exact) mass is 314 g/mol. The Morgan fingerprint density at radius 2 is 1.57 bits per heavy atom. The molecule has 0 fully saturated rings. The summed E-state index contributed by atoms with van der Waals surface area (Å²) in [4.78, 5) is 0. The van der Waals surface area contributed by atoms with E-state index >= 15 is 0 Å². The van der Waals surface area contributed by atoms with Crippen molar-refractivity contribution in [1.82, 2.24) is 0 Å². The fourth-order valence-corrected chi connectivity index (χ4v) is 4.26. The molecule has 0 nitrogen and oxygen atoms in total. The number of benzene rings is 3. The standard InChI is InChI=1S/C22H15Cl/c23-18-6-2-5-17(13-18)19-11-9-16-8-7-14-3-1-4-15-10-12-20(19)22(16)21(14)15/h1-13,19-20H. The molecule has 0 spiro atoms. The number of hydrogen-bond donors (Lipinski definition) is 0. The van der Waals surface area contributed by atoms with E-state index in [1.165, 1.54) is 33.0 Å². The highest BCUT2D eigenvalue weighted by Gasteiger charge is 2.29. The molecular formula is C22H15Cl. The molecule has 0 amide bonds. The Labute approximate surface area is 140 Å². The van der Waals surface area contributed by atoms with Crippen LogP contribution in [0, 0.1) is 0 Å². The predicted molar refractivity (Wildman–Crippen MR) is 99.0 cm³/mol. The molecule has 3 aromatic carbocycles. The molecule has 0 bridgehead atoms. The summed E-state index contributed by atoms with van der Waals surface area (Å²) in [5.74, 6) is 0.725. The van der Waals surface area contributed by atoms with Gasteiger partial charge in [-0.05, 0) is 45.2 Å². The van der Waals surface area contributed by atoms with E-state index in [0.717, 1.165) is 5.02 Å². The van der Waals surface area contributed by atoms with Gasteiger partial charge in [0, 0.05) is 16.9 Å². The van der Waals surface area contributed by atoms with Crippen LogP contribution in [0.2, 0.25) is 5.02 Å². The third-order valence-electron chi connectivity index (χ3n) is 5.07. The van der Waals surface area contributed by atoms with Gasteiger partial charge in [-0.25, -0.2) is 0 Å². The first-order valence-electron chi connectivity index (χ1n) is 7.99. The molecule has 0 aliphatic heterocycles. The third kappa shape index (κ3) is 1.92. The van der Waals surface area contributed by atoms with Crippen LogP contribution in [0.5, 0.6) is 0 Å². The van der Waals surface area contributed by atoms with Crippen LogP contribution < -0.4 is 0 Å². The minimum atomic E-state index is 0.344. The Hall–Kier alpha value is -2.31. The summed E-state index contributed by atoms with van der Waals surface area (Å²) in [5.41, 5.74) is 5.42. The van der Waals surface area contributed by atoms with Crippen molar-refractivity contribution in [2.75, 3.05) is 0 Å². The van der Waals surface area contributed by atoms with E-state index in [-0.39, 0.29) is 0 Å². The molecule has 2 atom stereocenters. The van der Waals surface area contributed by atoms with Crippen molar-refractivity contribution in [3.8, 4) is 0 Å². The van der Waals surface area contributed by atoms with Crippen LogP contribution in [0.1, 0.15) is 34.1 Å². The molecular weight excluding hydrogens is 300 g/mol. The Morgan fingerprint density at radius 1 is 0.739 bits per heavy atom. The van der Waals surface area contributed by atoms with Crippen LogP contribution in [0.25, 0.3) is 22.9 Å². The average molecular weight is 315 g/mol. The molecule has 0 aromatic heterocycles. The molecule has 2 aliphatic carbocycles. The smallest absolute Gasteiger partial charge is 0.0408 e. The van der Waals surface area contributed by atoms with Crippen molar-refractivity contribution >= 4 is 34.5 Å². The highest BCUT2D eigenvalue weighted by molar-refractivity contribution is 6.30. The highest BCUT2D eigenvalue weighted by Crippen LogP contribution is 2.47. The maximum atomic E-state index is 6.22. The Bertz CT molecular complexity index is 994. The van der Waals surface area contributed by atoms with Gasteiger partial charge in [-0.3, -0.25) is 0 Å². The average Bonchev–Trinajstić information content (AvgIpc) is 2.59. The van der Waals surface area contributed by atoms with Crippen molar-refractivity contribution in [2.24, 2.45) is 0 Å². The molecule has 1 heteroatoms. The van der Waals surface area contributed by atoms with Gasteiger partial charge in [0.2, 0.25) is 0 Å². The van der Waals surface area contributed by atoms with E-state index < -0.39 is 0 Å². The van der Waals surface area contributed by atoms with Gasteiger partial charge in [-0.15, -0.1) is 0 Å². The van der Waals surface area contributed by atoms with Crippen molar-refractivity contribution in [3.05, 3.63) is 94.0 Å². The van der Waals surface area contributed by atoms with E-state index in [9.17, 15) is 0 Å². The molecule has 23 heavy (non-hydrogen) atoms. The summed E-state index contributed by atoms with van der Waals surface area (Å²) in [7, 11) is 0. The van der Waals surface area contributed by atoms with Gasteiger partial charge < -0.3 is 0 Å². The SMILES string of the molecule is Clc1cccc(C2C=Cc3ccc4cccc5c4c3C2C=C5)c1. The number of rotatable bonds is 1. The summed E-state index contributed by atoms with van der Waals surface area (Å²) in [5, 5.41) is 3.55. The van der Waals surface area contributed by atoms with Gasteiger partial charge in [0.25, 0.3) is 0 Å². The first kappa shape index (κ1) is 13.2. The summed E-state index contributed by atoms with van der Waals surface area (Å²) < 4.78 is 0. The normalized spacial score (nSPS) is 20.9. The largest absolute Gasteiger partial charge is 0.0843 e. The molecule has 2 aliphatic rings. The van der Waals surface area contributed by atoms with Gasteiger partial charge in [0.15, 0.2) is 0 Å². The van der Waals surface area contributed by atoms with E-state index in [1.807, 2.05) is 12.1 Å². The Balaban J connectivity index is 1.77. The summed E-state index contributed by atoms with van der Waals surface area (Å²) in [6.07, 6.45) is 9.23. The molecule has 0 heterocycles. The van der Waals surface area contributed by atoms with Crippen LogP contribution >= 0.6 is 11.6 Å². The third-order valence-corrected chi connectivity index (χ3v) is 5.31. The van der Waals surface area contributed by atoms with Crippen LogP contribution in [0.4, 0.5) is 0 Å². The second-order valence-corrected chi connectivity index (χ2v) is 6.78. The van der Waals surface area contributed by atoms with Crippen LogP contribution in [-0.4, -0.2) is 0 Å².